The zero-order chi connectivity index (χ0) is 14.9. The van der Waals surface area contributed by atoms with Gasteiger partial charge in [-0.1, -0.05) is 96.8 Å². The molecule has 2 heteroatoms. The Morgan fingerprint density at radius 3 is 1.14 bits per heavy atom. The van der Waals surface area contributed by atoms with E-state index in [4.69, 9.17) is 0 Å². The molecule has 0 saturated heterocycles. The van der Waals surface area contributed by atoms with Gasteiger partial charge in [-0.3, -0.25) is 0 Å². The summed E-state index contributed by atoms with van der Waals surface area (Å²) < 4.78 is 0. The van der Waals surface area contributed by atoms with E-state index in [9.17, 15) is 4.79 Å². The van der Waals surface area contributed by atoms with Crippen LogP contribution in [0.3, 0.4) is 0 Å². The summed E-state index contributed by atoms with van der Waals surface area (Å²) in [5, 5.41) is 0. The van der Waals surface area contributed by atoms with Crippen molar-refractivity contribution in [1.82, 2.24) is 0 Å². The first-order valence-electron chi connectivity index (χ1n) is 9.26. The number of Topliss-reactive ketones (excluding diaryl/α,β-unsaturated/α-hetero) is 1. The number of carbonyl (C=O) groups excluding carboxylic acids is 1. The molecular weight excluding hydrogens is 283 g/mol. The summed E-state index contributed by atoms with van der Waals surface area (Å²) in [6, 6.07) is 0. The van der Waals surface area contributed by atoms with Crippen molar-refractivity contribution in [3.8, 4) is 0 Å². The van der Waals surface area contributed by atoms with E-state index >= 15 is 0 Å². The third-order valence-corrected chi connectivity index (χ3v) is 4.13. The van der Waals surface area contributed by atoms with Gasteiger partial charge in [0.15, 0.2) is 0 Å². The fraction of sp³-hybridized carbons (Fsp3) is 0.947. The van der Waals surface area contributed by atoms with Gasteiger partial charge < -0.3 is 4.79 Å². The molecule has 0 aromatic heterocycles. The number of ketones is 1. The molecule has 0 aromatic carbocycles. The molecule has 0 unspecified atom stereocenters. The van der Waals surface area contributed by atoms with Crippen LogP contribution < -0.4 is 0 Å². The van der Waals surface area contributed by atoms with Gasteiger partial charge in [-0.2, -0.15) is 0 Å². The standard InChI is InChI=1S/C19H38O.K.H/c1-3-4-5-6-7-8-9-10-11-12-13-14-15-16-17-18-19(2)20;;/h3-18H2,1-2H3;;. The van der Waals surface area contributed by atoms with Gasteiger partial charge in [-0.25, -0.2) is 0 Å². The van der Waals surface area contributed by atoms with Crippen molar-refractivity contribution in [2.45, 2.75) is 117 Å². The van der Waals surface area contributed by atoms with Crippen LogP contribution in [0.2, 0.25) is 0 Å². The summed E-state index contributed by atoms with van der Waals surface area (Å²) in [5.41, 5.74) is 0. The Balaban J connectivity index is 0. The van der Waals surface area contributed by atoms with E-state index in [0.29, 0.717) is 5.78 Å². The van der Waals surface area contributed by atoms with Crippen LogP contribution in [-0.4, -0.2) is 57.2 Å². The SMILES string of the molecule is CCCCCCCCCCCCCCCCCC(C)=O.[KH]. The average Bonchev–Trinajstić information content (AvgIpc) is 2.43. The van der Waals surface area contributed by atoms with Crippen LogP contribution in [0.5, 0.6) is 0 Å². The fourth-order valence-electron chi connectivity index (χ4n) is 2.75. The van der Waals surface area contributed by atoms with Crippen molar-refractivity contribution < 1.29 is 4.79 Å². The molecule has 1 nitrogen and oxygen atoms in total. The summed E-state index contributed by atoms with van der Waals surface area (Å²) in [5.74, 6) is 0.347. The van der Waals surface area contributed by atoms with E-state index in [2.05, 4.69) is 6.92 Å². The molecule has 0 bridgehead atoms. The van der Waals surface area contributed by atoms with E-state index < -0.39 is 0 Å². The van der Waals surface area contributed by atoms with Crippen LogP contribution in [-0.2, 0) is 4.79 Å². The first-order valence-corrected chi connectivity index (χ1v) is 9.26. The molecule has 0 rings (SSSR count). The molecule has 0 atom stereocenters. The minimum absolute atomic E-state index is 0. The van der Waals surface area contributed by atoms with Crippen LogP contribution in [0.15, 0.2) is 0 Å². The van der Waals surface area contributed by atoms with Gasteiger partial charge in [-0.15, -0.1) is 0 Å². The first kappa shape index (κ1) is 24.6. The molecule has 122 valence electrons. The third-order valence-electron chi connectivity index (χ3n) is 4.13. The zero-order valence-corrected chi connectivity index (χ0v) is 14.2. The molecule has 0 saturated carbocycles. The minimum atomic E-state index is 0. The Bertz CT molecular complexity index is 204. The van der Waals surface area contributed by atoms with Gasteiger partial charge in [0.2, 0.25) is 0 Å². The molecular formula is C19H39KO. The van der Waals surface area contributed by atoms with Gasteiger partial charge in [0.05, 0.1) is 0 Å². The van der Waals surface area contributed by atoms with E-state index in [1.54, 1.807) is 6.92 Å². The summed E-state index contributed by atoms with van der Waals surface area (Å²) in [6.07, 6.45) is 21.6. The molecule has 0 aliphatic rings. The Labute approximate surface area is 176 Å². The van der Waals surface area contributed by atoms with Crippen molar-refractivity contribution in [3.63, 3.8) is 0 Å². The van der Waals surface area contributed by atoms with Crippen molar-refractivity contribution >= 4 is 57.2 Å². The second-order valence-corrected chi connectivity index (χ2v) is 6.40. The van der Waals surface area contributed by atoms with Crippen molar-refractivity contribution in [2.24, 2.45) is 0 Å². The van der Waals surface area contributed by atoms with E-state index in [0.717, 1.165) is 12.8 Å². The van der Waals surface area contributed by atoms with Crippen LogP contribution in [0.25, 0.3) is 0 Å². The second-order valence-electron chi connectivity index (χ2n) is 6.40. The van der Waals surface area contributed by atoms with Crippen LogP contribution >= 0.6 is 0 Å². The molecule has 0 amide bonds. The summed E-state index contributed by atoms with van der Waals surface area (Å²) >= 11 is 0. The number of hydrogen-bond acceptors (Lipinski definition) is 1. The molecule has 0 aliphatic heterocycles. The van der Waals surface area contributed by atoms with Gasteiger partial charge in [0.25, 0.3) is 0 Å². The monoisotopic (exact) mass is 322 g/mol. The number of rotatable bonds is 16. The Morgan fingerprint density at radius 2 is 0.857 bits per heavy atom. The van der Waals surface area contributed by atoms with E-state index in [1.165, 1.54) is 89.9 Å². The quantitative estimate of drug-likeness (QED) is 0.245. The van der Waals surface area contributed by atoms with Gasteiger partial charge >= 0.3 is 51.4 Å². The molecule has 0 heterocycles. The molecule has 0 N–H and O–H groups in total. The predicted octanol–water partition coefficient (Wildman–Crippen LogP) is 6.19. The topological polar surface area (TPSA) is 17.1 Å². The number of unbranched alkanes of at least 4 members (excludes halogenated alkanes) is 14. The maximum absolute atomic E-state index is 10.8. The van der Waals surface area contributed by atoms with Crippen molar-refractivity contribution in [1.29, 1.82) is 0 Å². The maximum atomic E-state index is 10.8. The molecule has 0 radical (unpaired) electrons. The number of hydrogen-bond donors (Lipinski definition) is 0. The predicted molar refractivity (Wildman–Crippen MR) is 97.4 cm³/mol. The Morgan fingerprint density at radius 1 is 0.571 bits per heavy atom. The van der Waals surface area contributed by atoms with Gasteiger partial charge in [0.1, 0.15) is 5.78 Å². The molecule has 21 heavy (non-hydrogen) atoms. The average molecular weight is 323 g/mol. The normalized spacial score (nSPS) is 10.4. The van der Waals surface area contributed by atoms with Gasteiger partial charge in [-0.05, 0) is 13.3 Å². The second kappa shape index (κ2) is 21.3. The van der Waals surface area contributed by atoms with Crippen molar-refractivity contribution in [3.05, 3.63) is 0 Å². The summed E-state index contributed by atoms with van der Waals surface area (Å²) in [6.45, 7) is 3.98. The molecule has 0 spiro atoms. The molecule has 0 aromatic rings. The van der Waals surface area contributed by atoms with E-state index in [1.807, 2.05) is 0 Å². The van der Waals surface area contributed by atoms with E-state index in [-0.39, 0.29) is 51.4 Å². The zero-order valence-electron chi connectivity index (χ0n) is 14.2. The first-order chi connectivity index (χ1) is 9.77. The Hall–Kier alpha value is 1.31. The van der Waals surface area contributed by atoms with Crippen LogP contribution in [0.1, 0.15) is 117 Å². The fourth-order valence-corrected chi connectivity index (χ4v) is 2.75. The summed E-state index contributed by atoms with van der Waals surface area (Å²) in [4.78, 5) is 10.8. The van der Waals surface area contributed by atoms with Gasteiger partial charge in [0, 0.05) is 6.42 Å². The van der Waals surface area contributed by atoms with Crippen LogP contribution in [0.4, 0.5) is 0 Å². The number of carbonyl (C=O) groups is 1. The summed E-state index contributed by atoms with van der Waals surface area (Å²) in [7, 11) is 0. The Kier molecular flexibility index (Phi) is 24.9. The van der Waals surface area contributed by atoms with Crippen molar-refractivity contribution in [2.75, 3.05) is 0 Å². The molecule has 0 fully saturated rings. The van der Waals surface area contributed by atoms with Crippen LogP contribution in [0, 0.1) is 0 Å². The third kappa shape index (κ3) is 23.7. The molecule has 0 aliphatic carbocycles.